The highest BCUT2D eigenvalue weighted by molar-refractivity contribution is 5.82. The summed E-state index contributed by atoms with van der Waals surface area (Å²) in [7, 11) is 4.70. The molecule has 0 aliphatic carbocycles. The monoisotopic (exact) mass is 363 g/mol. The third kappa shape index (κ3) is 4.59. The van der Waals surface area contributed by atoms with Gasteiger partial charge in [0.1, 0.15) is 11.5 Å². The van der Waals surface area contributed by atoms with E-state index in [9.17, 15) is 4.79 Å². The van der Waals surface area contributed by atoms with E-state index in [4.69, 9.17) is 19.2 Å². The summed E-state index contributed by atoms with van der Waals surface area (Å²) in [5.41, 5.74) is 0.973. The van der Waals surface area contributed by atoms with Crippen LogP contribution >= 0.6 is 0 Å². The molecular formula is C19H29N3O4. The molecule has 0 amide bonds. The van der Waals surface area contributed by atoms with Crippen LogP contribution in [0.5, 0.6) is 11.5 Å². The highest BCUT2D eigenvalue weighted by atomic mass is 16.5. The summed E-state index contributed by atoms with van der Waals surface area (Å²) in [6.07, 6.45) is 0. The van der Waals surface area contributed by atoms with E-state index in [2.05, 4.69) is 17.1 Å². The second-order valence-corrected chi connectivity index (χ2v) is 6.36. The zero-order valence-corrected chi connectivity index (χ0v) is 16.2. The number of benzene rings is 1. The molecule has 2 atom stereocenters. The molecular weight excluding hydrogens is 334 g/mol. The van der Waals surface area contributed by atoms with E-state index in [1.54, 1.807) is 14.2 Å². The third-order valence-corrected chi connectivity index (χ3v) is 4.64. The second kappa shape index (κ2) is 9.31. The molecule has 1 fully saturated rings. The van der Waals surface area contributed by atoms with E-state index in [-0.39, 0.29) is 17.8 Å². The summed E-state index contributed by atoms with van der Waals surface area (Å²) >= 11 is 0. The highest BCUT2D eigenvalue weighted by Gasteiger charge is 2.36. The Morgan fingerprint density at radius 3 is 2.65 bits per heavy atom. The summed E-state index contributed by atoms with van der Waals surface area (Å²) in [6.45, 7) is 6.71. The van der Waals surface area contributed by atoms with Crippen LogP contribution in [0.15, 0.2) is 23.2 Å². The van der Waals surface area contributed by atoms with Crippen LogP contribution in [-0.2, 0) is 16.1 Å². The number of hydrogen-bond donors (Lipinski definition) is 1. The van der Waals surface area contributed by atoms with Gasteiger partial charge >= 0.3 is 5.97 Å². The van der Waals surface area contributed by atoms with Crippen LogP contribution in [0, 0.1) is 11.8 Å². The van der Waals surface area contributed by atoms with Gasteiger partial charge in [0, 0.05) is 31.3 Å². The van der Waals surface area contributed by atoms with Crippen molar-refractivity contribution in [3.63, 3.8) is 0 Å². The molecule has 1 aliphatic rings. The number of likely N-dealkylation sites (tertiary alicyclic amines) is 1. The Kier molecular flexibility index (Phi) is 7.12. The first-order valence-electron chi connectivity index (χ1n) is 8.86. The van der Waals surface area contributed by atoms with Gasteiger partial charge in [-0.25, -0.2) is 4.99 Å². The molecule has 1 aromatic carbocycles. The SMILES string of the molecule is CCNC(=NCc1ccc(OC)cc1OC)N1CC(C)C(C(=O)OC)C1. The predicted octanol–water partition coefficient (Wildman–Crippen LogP) is 1.91. The van der Waals surface area contributed by atoms with Gasteiger partial charge in [-0.1, -0.05) is 6.92 Å². The van der Waals surface area contributed by atoms with E-state index in [0.717, 1.165) is 36.1 Å². The summed E-state index contributed by atoms with van der Waals surface area (Å²) in [4.78, 5) is 18.8. The van der Waals surface area contributed by atoms with E-state index < -0.39 is 0 Å². The van der Waals surface area contributed by atoms with Crippen molar-refractivity contribution in [1.29, 1.82) is 0 Å². The minimum Gasteiger partial charge on any atom is -0.497 e. The number of carbonyl (C=O) groups excluding carboxylic acids is 1. The molecule has 7 nitrogen and oxygen atoms in total. The maximum atomic E-state index is 11.9. The van der Waals surface area contributed by atoms with Crippen LogP contribution in [-0.4, -0.2) is 57.8 Å². The number of ether oxygens (including phenoxy) is 3. The summed E-state index contributed by atoms with van der Waals surface area (Å²) < 4.78 is 15.6. The normalized spacial score (nSPS) is 20.0. The van der Waals surface area contributed by atoms with Gasteiger partial charge in [-0.3, -0.25) is 4.79 Å². The van der Waals surface area contributed by atoms with Crippen molar-refractivity contribution in [2.45, 2.75) is 20.4 Å². The molecule has 144 valence electrons. The Hall–Kier alpha value is -2.44. The van der Waals surface area contributed by atoms with E-state index >= 15 is 0 Å². The molecule has 0 saturated carbocycles. The highest BCUT2D eigenvalue weighted by Crippen LogP contribution is 2.26. The first-order chi connectivity index (χ1) is 12.5. The van der Waals surface area contributed by atoms with Gasteiger partial charge in [0.2, 0.25) is 0 Å². The molecule has 0 aromatic heterocycles. The van der Waals surface area contributed by atoms with E-state index in [1.165, 1.54) is 7.11 Å². The molecule has 7 heteroatoms. The fourth-order valence-corrected chi connectivity index (χ4v) is 3.17. The molecule has 1 N–H and O–H groups in total. The molecule has 26 heavy (non-hydrogen) atoms. The number of guanidine groups is 1. The number of nitrogens with one attached hydrogen (secondary N) is 1. The fourth-order valence-electron chi connectivity index (χ4n) is 3.17. The maximum Gasteiger partial charge on any atom is 0.310 e. The van der Waals surface area contributed by atoms with Crippen molar-refractivity contribution in [3.8, 4) is 11.5 Å². The van der Waals surface area contributed by atoms with Gasteiger partial charge in [-0.15, -0.1) is 0 Å². The minimum absolute atomic E-state index is 0.126. The molecule has 1 saturated heterocycles. The first kappa shape index (κ1) is 19.9. The lowest BCUT2D eigenvalue weighted by molar-refractivity contribution is -0.145. The summed E-state index contributed by atoms with van der Waals surface area (Å²) in [5.74, 6) is 2.22. The van der Waals surface area contributed by atoms with Gasteiger partial charge < -0.3 is 24.4 Å². The Bertz CT molecular complexity index is 648. The largest absolute Gasteiger partial charge is 0.497 e. The smallest absolute Gasteiger partial charge is 0.310 e. The minimum atomic E-state index is -0.160. The lowest BCUT2D eigenvalue weighted by Gasteiger charge is -2.21. The quantitative estimate of drug-likeness (QED) is 0.473. The average molecular weight is 363 g/mol. The average Bonchev–Trinajstić information content (AvgIpc) is 3.05. The Labute approximate surface area is 155 Å². The van der Waals surface area contributed by atoms with Crippen molar-refractivity contribution in [2.24, 2.45) is 16.8 Å². The molecule has 0 spiro atoms. The van der Waals surface area contributed by atoms with Gasteiger partial charge in [0.05, 0.1) is 33.8 Å². The number of esters is 1. The van der Waals surface area contributed by atoms with Gasteiger partial charge in [0.15, 0.2) is 5.96 Å². The number of methoxy groups -OCH3 is 3. The van der Waals surface area contributed by atoms with Crippen LogP contribution in [0.3, 0.4) is 0 Å². The van der Waals surface area contributed by atoms with Crippen LogP contribution in [0.4, 0.5) is 0 Å². The molecule has 1 aliphatic heterocycles. The van der Waals surface area contributed by atoms with Gasteiger partial charge in [-0.05, 0) is 25.0 Å². The van der Waals surface area contributed by atoms with Crippen molar-refractivity contribution in [1.82, 2.24) is 10.2 Å². The van der Waals surface area contributed by atoms with E-state index in [1.807, 2.05) is 25.1 Å². The molecule has 0 bridgehead atoms. The lowest BCUT2D eigenvalue weighted by Crippen LogP contribution is -2.40. The Morgan fingerprint density at radius 1 is 1.27 bits per heavy atom. The zero-order valence-electron chi connectivity index (χ0n) is 16.2. The molecule has 0 radical (unpaired) electrons. The van der Waals surface area contributed by atoms with Crippen LogP contribution in [0.2, 0.25) is 0 Å². The molecule has 1 aromatic rings. The zero-order chi connectivity index (χ0) is 19.1. The maximum absolute atomic E-state index is 11.9. The summed E-state index contributed by atoms with van der Waals surface area (Å²) in [6, 6.07) is 5.70. The Balaban J connectivity index is 2.16. The predicted molar refractivity (Wildman–Crippen MR) is 101 cm³/mol. The first-order valence-corrected chi connectivity index (χ1v) is 8.86. The standard InChI is InChI=1S/C19H29N3O4/c1-6-20-19(22-11-13(2)16(12-22)18(23)26-5)21-10-14-7-8-15(24-3)9-17(14)25-4/h7-9,13,16H,6,10-12H2,1-5H3,(H,20,21). The molecule has 1 heterocycles. The lowest BCUT2D eigenvalue weighted by atomic mass is 9.99. The molecule has 2 rings (SSSR count). The van der Waals surface area contributed by atoms with Crippen LogP contribution in [0.1, 0.15) is 19.4 Å². The topological polar surface area (TPSA) is 72.4 Å². The number of carbonyl (C=O) groups is 1. The molecule has 2 unspecified atom stereocenters. The number of nitrogens with zero attached hydrogens (tertiary/aromatic N) is 2. The van der Waals surface area contributed by atoms with Crippen LogP contribution < -0.4 is 14.8 Å². The van der Waals surface area contributed by atoms with E-state index in [0.29, 0.717) is 13.1 Å². The van der Waals surface area contributed by atoms with Gasteiger partial charge in [-0.2, -0.15) is 0 Å². The number of aliphatic imine (C=N–C) groups is 1. The van der Waals surface area contributed by atoms with Crippen LogP contribution in [0.25, 0.3) is 0 Å². The van der Waals surface area contributed by atoms with Crippen molar-refractivity contribution in [2.75, 3.05) is 41.0 Å². The Morgan fingerprint density at radius 2 is 2.04 bits per heavy atom. The third-order valence-electron chi connectivity index (χ3n) is 4.64. The van der Waals surface area contributed by atoms with Crippen molar-refractivity contribution < 1.29 is 19.0 Å². The summed E-state index contributed by atoms with van der Waals surface area (Å²) in [5, 5.41) is 3.31. The second-order valence-electron chi connectivity index (χ2n) is 6.36. The van der Waals surface area contributed by atoms with Gasteiger partial charge in [0.25, 0.3) is 0 Å². The number of rotatable bonds is 6. The number of hydrogen-bond acceptors (Lipinski definition) is 5. The van der Waals surface area contributed by atoms with Crippen molar-refractivity contribution >= 4 is 11.9 Å². The van der Waals surface area contributed by atoms with Crippen molar-refractivity contribution in [3.05, 3.63) is 23.8 Å². The fraction of sp³-hybridized carbons (Fsp3) is 0.579.